The number of sulfonamides is 1. The van der Waals surface area contributed by atoms with Crippen LogP contribution >= 0.6 is 15.9 Å². The van der Waals surface area contributed by atoms with Crippen LogP contribution < -0.4 is 19.1 Å². The van der Waals surface area contributed by atoms with Crippen molar-refractivity contribution in [3.63, 3.8) is 0 Å². The Balaban J connectivity index is 1.69. The molecule has 7 nitrogen and oxygen atoms in total. The van der Waals surface area contributed by atoms with Crippen LogP contribution in [0.1, 0.15) is 18.9 Å². The normalized spacial score (nSPS) is 11.1. The van der Waals surface area contributed by atoms with E-state index in [-0.39, 0.29) is 17.3 Å². The van der Waals surface area contributed by atoms with Crippen molar-refractivity contribution in [2.24, 2.45) is 0 Å². The van der Waals surface area contributed by atoms with Gasteiger partial charge in [-0.3, -0.25) is 9.10 Å². The molecule has 0 saturated carbocycles. The number of hydrogen-bond acceptors (Lipinski definition) is 5. The fourth-order valence-corrected chi connectivity index (χ4v) is 5.11. The molecule has 0 aliphatic carbocycles. The van der Waals surface area contributed by atoms with Crippen LogP contribution in [0.3, 0.4) is 0 Å². The fourth-order valence-electron chi connectivity index (χ4n) is 3.42. The number of amides is 1. The molecule has 3 aromatic rings. The van der Waals surface area contributed by atoms with E-state index in [0.717, 1.165) is 32.9 Å². The van der Waals surface area contributed by atoms with Crippen LogP contribution in [0.25, 0.3) is 0 Å². The number of nitrogens with one attached hydrogen (secondary N) is 1. The Labute approximate surface area is 215 Å². The minimum Gasteiger partial charge on any atom is -0.497 e. The molecule has 0 bridgehead atoms. The van der Waals surface area contributed by atoms with Gasteiger partial charge in [0, 0.05) is 11.0 Å². The predicted molar refractivity (Wildman–Crippen MR) is 141 cm³/mol. The average Bonchev–Trinajstić information content (AvgIpc) is 2.86. The SMILES string of the molecule is CCOc1ccc(N(CC(=O)NCCCc2ccc(OC)cc2)S(=O)(=O)c2ccc(Br)cc2)cc1. The summed E-state index contributed by atoms with van der Waals surface area (Å²) < 4.78 is 39.4. The molecule has 0 aromatic heterocycles. The maximum atomic E-state index is 13.4. The van der Waals surface area contributed by atoms with Crippen molar-refractivity contribution in [2.45, 2.75) is 24.7 Å². The molecule has 0 radical (unpaired) electrons. The zero-order chi connectivity index (χ0) is 25.3. The molecule has 3 rings (SSSR count). The van der Waals surface area contributed by atoms with Gasteiger partial charge in [0.05, 0.1) is 24.3 Å². The second kappa shape index (κ2) is 12.6. The highest BCUT2D eigenvalue weighted by atomic mass is 79.9. The van der Waals surface area contributed by atoms with Gasteiger partial charge >= 0.3 is 0 Å². The Morgan fingerprint density at radius 1 is 0.943 bits per heavy atom. The standard InChI is InChI=1S/C26H29BrN2O5S/c1-3-34-24-14-10-22(11-15-24)29(35(31,32)25-16-8-21(27)9-17-25)19-26(30)28-18-4-5-20-6-12-23(33-2)13-7-20/h6-17H,3-5,18-19H2,1-2H3,(H,28,30). The number of carbonyl (C=O) groups excluding carboxylic acids is 1. The zero-order valence-corrected chi connectivity index (χ0v) is 22.1. The van der Waals surface area contributed by atoms with Crippen molar-refractivity contribution < 1.29 is 22.7 Å². The Morgan fingerprint density at radius 3 is 2.17 bits per heavy atom. The number of carbonyl (C=O) groups is 1. The van der Waals surface area contributed by atoms with Crippen LogP contribution in [-0.4, -0.2) is 41.1 Å². The van der Waals surface area contributed by atoms with Crippen LogP contribution in [0, 0.1) is 0 Å². The lowest BCUT2D eigenvalue weighted by Crippen LogP contribution is -2.41. The lowest BCUT2D eigenvalue weighted by molar-refractivity contribution is -0.119. The number of aryl methyl sites for hydroxylation is 1. The monoisotopic (exact) mass is 560 g/mol. The quantitative estimate of drug-likeness (QED) is 0.321. The number of benzene rings is 3. The number of halogens is 1. The summed E-state index contributed by atoms with van der Waals surface area (Å²) in [4.78, 5) is 12.9. The Bertz CT molecular complexity index is 1200. The van der Waals surface area contributed by atoms with E-state index < -0.39 is 10.0 Å². The van der Waals surface area contributed by atoms with E-state index in [1.54, 1.807) is 43.5 Å². The number of nitrogens with zero attached hydrogens (tertiary/aromatic N) is 1. The third-order valence-electron chi connectivity index (χ3n) is 5.25. The highest BCUT2D eigenvalue weighted by molar-refractivity contribution is 9.10. The third kappa shape index (κ3) is 7.47. The number of anilines is 1. The molecule has 0 spiro atoms. The maximum absolute atomic E-state index is 13.4. The molecule has 186 valence electrons. The summed E-state index contributed by atoms with van der Waals surface area (Å²) in [6.45, 7) is 2.46. The number of ether oxygens (including phenoxy) is 2. The molecule has 0 atom stereocenters. The second-order valence-corrected chi connectivity index (χ2v) is 10.5. The lowest BCUT2D eigenvalue weighted by atomic mass is 10.1. The van der Waals surface area contributed by atoms with Crippen molar-refractivity contribution in [3.05, 3.63) is 82.8 Å². The van der Waals surface area contributed by atoms with Gasteiger partial charge in [0.2, 0.25) is 5.91 Å². The molecule has 0 fully saturated rings. The molecule has 0 aliphatic rings. The van der Waals surface area contributed by atoms with Crippen LogP contribution in [0.2, 0.25) is 0 Å². The summed E-state index contributed by atoms with van der Waals surface area (Å²) in [5, 5.41) is 2.84. The Morgan fingerprint density at radius 2 is 1.57 bits per heavy atom. The van der Waals surface area contributed by atoms with E-state index in [0.29, 0.717) is 24.6 Å². The van der Waals surface area contributed by atoms with Crippen molar-refractivity contribution in [1.29, 1.82) is 0 Å². The summed E-state index contributed by atoms with van der Waals surface area (Å²) in [6, 6.07) is 20.7. The molecule has 35 heavy (non-hydrogen) atoms. The molecule has 0 saturated heterocycles. The van der Waals surface area contributed by atoms with Gasteiger partial charge in [-0.2, -0.15) is 0 Å². The summed E-state index contributed by atoms with van der Waals surface area (Å²) in [5.41, 5.74) is 1.51. The average molecular weight is 561 g/mol. The molecule has 0 unspecified atom stereocenters. The molecule has 9 heteroatoms. The highest BCUT2D eigenvalue weighted by Crippen LogP contribution is 2.26. The first-order valence-corrected chi connectivity index (χ1v) is 13.5. The van der Waals surface area contributed by atoms with Gasteiger partial charge in [0.1, 0.15) is 18.0 Å². The fraction of sp³-hybridized carbons (Fsp3) is 0.269. The van der Waals surface area contributed by atoms with E-state index in [2.05, 4.69) is 21.2 Å². The smallest absolute Gasteiger partial charge is 0.264 e. The van der Waals surface area contributed by atoms with Crippen molar-refractivity contribution in [1.82, 2.24) is 5.32 Å². The molecule has 1 N–H and O–H groups in total. The van der Waals surface area contributed by atoms with Gasteiger partial charge in [-0.15, -0.1) is 0 Å². The number of methoxy groups -OCH3 is 1. The maximum Gasteiger partial charge on any atom is 0.264 e. The van der Waals surface area contributed by atoms with Crippen molar-refractivity contribution in [3.8, 4) is 11.5 Å². The summed E-state index contributed by atoms with van der Waals surface area (Å²) >= 11 is 3.32. The number of rotatable bonds is 12. The van der Waals surface area contributed by atoms with E-state index in [1.807, 2.05) is 31.2 Å². The van der Waals surface area contributed by atoms with Crippen LogP contribution in [0.5, 0.6) is 11.5 Å². The first-order chi connectivity index (χ1) is 16.8. The summed E-state index contributed by atoms with van der Waals surface area (Å²) in [7, 11) is -2.35. The third-order valence-corrected chi connectivity index (χ3v) is 7.56. The topological polar surface area (TPSA) is 84.9 Å². The first kappa shape index (κ1) is 26.6. The molecule has 3 aromatic carbocycles. The minimum atomic E-state index is -3.97. The van der Waals surface area contributed by atoms with Gasteiger partial charge in [0.25, 0.3) is 10.0 Å². The van der Waals surface area contributed by atoms with E-state index >= 15 is 0 Å². The van der Waals surface area contributed by atoms with Gasteiger partial charge in [-0.25, -0.2) is 8.42 Å². The van der Waals surface area contributed by atoms with Gasteiger partial charge in [-0.05, 0) is 86.0 Å². The molecular formula is C26H29BrN2O5S. The summed E-state index contributed by atoms with van der Waals surface area (Å²) in [6.07, 6.45) is 1.50. The first-order valence-electron chi connectivity index (χ1n) is 11.2. The molecular weight excluding hydrogens is 532 g/mol. The Hall–Kier alpha value is -3.04. The van der Waals surface area contributed by atoms with Crippen molar-refractivity contribution in [2.75, 3.05) is 31.1 Å². The van der Waals surface area contributed by atoms with Crippen LogP contribution in [-0.2, 0) is 21.2 Å². The Kier molecular flexibility index (Phi) is 9.56. The predicted octanol–water partition coefficient (Wildman–Crippen LogP) is 4.80. The van der Waals surface area contributed by atoms with Gasteiger partial charge in [0.15, 0.2) is 0 Å². The lowest BCUT2D eigenvalue weighted by Gasteiger charge is -2.24. The van der Waals surface area contributed by atoms with E-state index in [1.165, 1.54) is 12.1 Å². The summed E-state index contributed by atoms with van der Waals surface area (Å²) in [5.74, 6) is 1.04. The van der Waals surface area contributed by atoms with Gasteiger partial charge < -0.3 is 14.8 Å². The van der Waals surface area contributed by atoms with E-state index in [9.17, 15) is 13.2 Å². The zero-order valence-electron chi connectivity index (χ0n) is 19.7. The highest BCUT2D eigenvalue weighted by Gasteiger charge is 2.27. The number of hydrogen-bond donors (Lipinski definition) is 1. The molecule has 0 heterocycles. The largest absolute Gasteiger partial charge is 0.497 e. The van der Waals surface area contributed by atoms with Crippen molar-refractivity contribution >= 4 is 37.5 Å². The molecule has 1 amide bonds. The minimum absolute atomic E-state index is 0.0990. The molecule has 0 aliphatic heterocycles. The van der Waals surface area contributed by atoms with Gasteiger partial charge in [-0.1, -0.05) is 28.1 Å². The van der Waals surface area contributed by atoms with Crippen LogP contribution in [0.4, 0.5) is 5.69 Å². The van der Waals surface area contributed by atoms with Crippen LogP contribution in [0.15, 0.2) is 82.2 Å². The second-order valence-electron chi connectivity index (χ2n) is 7.69. The van der Waals surface area contributed by atoms with E-state index in [4.69, 9.17) is 9.47 Å².